The van der Waals surface area contributed by atoms with Gasteiger partial charge in [-0.25, -0.2) is 4.68 Å². The highest BCUT2D eigenvalue weighted by Crippen LogP contribution is 2.21. The number of rotatable bonds is 8. The normalized spacial score (nSPS) is 11.5. The highest BCUT2D eigenvalue weighted by atomic mass is 16.5. The summed E-state index contributed by atoms with van der Waals surface area (Å²) < 4.78 is 6.28. The zero-order valence-electron chi connectivity index (χ0n) is 18.3. The van der Waals surface area contributed by atoms with Crippen LogP contribution in [0.15, 0.2) is 65.5 Å². The average molecular weight is 434 g/mol. The first-order valence-electron chi connectivity index (χ1n) is 10.4. The van der Waals surface area contributed by atoms with E-state index in [2.05, 4.69) is 15.7 Å². The van der Waals surface area contributed by atoms with Crippen LogP contribution in [0.3, 0.4) is 0 Å². The number of benzene rings is 2. The molecule has 0 spiro atoms. The van der Waals surface area contributed by atoms with Gasteiger partial charge in [-0.1, -0.05) is 44.2 Å². The predicted molar refractivity (Wildman–Crippen MR) is 124 cm³/mol. The number of hydrogen-bond acceptors (Lipinski definition) is 5. The maximum Gasteiger partial charge on any atom is 0.291 e. The lowest BCUT2D eigenvalue weighted by Crippen LogP contribution is -2.36. The van der Waals surface area contributed by atoms with Gasteiger partial charge in [-0.3, -0.25) is 14.4 Å². The summed E-state index contributed by atoms with van der Waals surface area (Å²) in [5.74, 6) is -0.0142. The van der Waals surface area contributed by atoms with Crippen molar-refractivity contribution in [1.82, 2.24) is 9.78 Å². The molecule has 1 aromatic heterocycles. The number of aromatic nitrogens is 2. The molecule has 166 valence electrons. The molecule has 1 heterocycles. The van der Waals surface area contributed by atoms with Crippen molar-refractivity contribution in [3.05, 3.63) is 71.0 Å². The van der Waals surface area contributed by atoms with Crippen LogP contribution in [0, 0.1) is 0 Å². The molecule has 2 aromatic carbocycles. The second kappa shape index (κ2) is 10.4. The first-order chi connectivity index (χ1) is 15.5. The molecule has 2 N–H and O–H groups in total. The van der Waals surface area contributed by atoms with Gasteiger partial charge in [0.15, 0.2) is 0 Å². The minimum atomic E-state index is -0.870. The Morgan fingerprint density at radius 1 is 1.03 bits per heavy atom. The molecule has 0 aliphatic rings. The number of anilines is 2. The summed E-state index contributed by atoms with van der Waals surface area (Å²) in [6.07, 6.45) is 0.548. The van der Waals surface area contributed by atoms with Gasteiger partial charge in [-0.15, -0.1) is 0 Å². The minimum absolute atomic E-state index is 0.0846. The molecule has 0 aliphatic carbocycles. The highest BCUT2D eigenvalue weighted by Gasteiger charge is 2.24. The van der Waals surface area contributed by atoms with Gasteiger partial charge in [0.05, 0.1) is 12.8 Å². The number of amides is 2. The topological polar surface area (TPSA) is 102 Å². The van der Waals surface area contributed by atoms with Crippen molar-refractivity contribution in [2.24, 2.45) is 0 Å². The van der Waals surface area contributed by atoms with E-state index in [1.807, 2.05) is 30.3 Å². The third kappa shape index (κ3) is 5.21. The Balaban J connectivity index is 2.01. The number of hydrogen-bond donors (Lipinski definition) is 2. The lowest BCUT2D eigenvalue weighted by atomic mass is 10.1. The van der Waals surface area contributed by atoms with Crippen LogP contribution in [0.1, 0.15) is 32.7 Å². The molecule has 3 aromatic rings. The van der Waals surface area contributed by atoms with Crippen molar-refractivity contribution < 1.29 is 14.3 Å². The summed E-state index contributed by atoms with van der Waals surface area (Å²) in [5.41, 5.74) is 1.36. The van der Waals surface area contributed by atoms with Gasteiger partial charge < -0.3 is 15.4 Å². The predicted octanol–water partition coefficient (Wildman–Crippen LogP) is 3.86. The number of methoxy groups -OCH3 is 1. The summed E-state index contributed by atoms with van der Waals surface area (Å²) in [6.45, 7) is 3.50. The van der Waals surface area contributed by atoms with Crippen LogP contribution in [0.25, 0.3) is 11.3 Å². The second-order valence-electron chi connectivity index (χ2n) is 7.10. The Bertz CT molecular complexity index is 1140. The van der Waals surface area contributed by atoms with Crippen LogP contribution in [-0.4, -0.2) is 28.7 Å². The van der Waals surface area contributed by atoms with Crippen molar-refractivity contribution in [1.29, 1.82) is 0 Å². The standard InChI is InChI=1S/C24H26N4O4/c1-4-21(23(30)25-17-11-13-18(32-3)14-12-17)28-24(31)20(26-22(29)5-2)15-19(27-28)16-9-7-6-8-10-16/h6-15,21H,4-5H2,1-3H3,(H,25,30)(H,26,29)/t21-/m0/s1. The fraction of sp³-hybridized carbons (Fsp3) is 0.250. The van der Waals surface area contributed by atoms with E-state index in [0.29, 0.717) is 23.6 Å². The molecule has 0 saturated carbocycles. The maximum absolute atomic E-state index is 13.1. The zero-order valence-corrected chi connectivity index (χ0v) is 18.3. The highest BCUT2D eigenvalue weighted by molar-refractivity contribution is 5.94. The van der Waals surface area contributed by atoms with E-state index in [9.17, 15) is 14.4 Å². The summed E-state index contributed by atoms with van der Waals surface area (Å²) in [6, 6.07) is 16.8. The van der Waals surface area contributed by atoms with Gasteiger partial charge in [0.1, 0.15) is 17.5 Å². The fourth-order valence-electron chi connectivity index (χ4n) is 3.17. The fourth-order valence-corrected chi connectivity index (χ4v) is 3.17. The number of ether oxygens (including phenoxy) is 1. The first-order valence-corrected chi connectivity index (χ1v) is 10.4. The van der Waals surface area contributed by atoms with E-state index in [1.165, 1.54) is 6.07 Å². The Kier molecular flexibility index (Phi) is 7.38. The van der Waals surface area contributed by atoms with Crippen molar-refractivity contribution in [2.45, 2.75) is 32.7 Å². The Morgan fingerprint density at radius 3 is 2.31 bits per heavy atom. The molecule has 0 radical (unpaired) electrons. The van der Waals surface area contributed by atoms with Crippen molar-refractivity contribution in [2.75, 3.05) is 17.7 Å². The van der Waals surface area contributed by atoms with E-state index in [0.717, 1.165) is 10.2 Å². The molecule has 0 fully saturated rings. The van der Waals surface area contributed by atoms with Crippen LogP contribution in [-0.2, 0) is 9.59 Å². The third-order valence-electron chi connectivity index (χ3n) is 4.94. The van der Waals surface area contributed by atoms with Crippen molar-refractivity contribution in [3.63, 3.8) is 0 Å². The molecule has 2 amide bonds. The van der Waals surface area contributed by atoms with E-state index in [1.54, 1.807) is 45.2 Å². The Morgan fingerprint density at radius 2 is 1.72 bits per heavy atom. The lowest BCUT2D eigenvalue weighted by molar-refractivity contribution is -0.119. The average Bonchev–Trinajstić information content (AvgIpc) is 2.82. The number of nitrogens with one attached hydrogen (secondary N) is 2. The Hall–Kier alpha value is -3.94. The van der Waals surface area contributed by atoms with Gasteiger partial charge >= 0.3 is 0 Å². The van der Waals surface area contributed by atoms with E-state index < -0.39 is 11.6 Å². The summed E-state index contributed by atoms with van der Waals surface area (Å²) in [5, 5.41) is 9.92. The zero-order chi connectivity index (χ0) is 23.1. The first kappa shape index (κ1) is 22.7. The molecule has 0 bridgehead atoms. The van der Waals surface area contributed by atoms with Gasteiger partial charge in [0.2, 0.25) is 11.8 Å². The van der Waals surface area contributed by atoms with Crippen molar-refractivity contribution >= 4 is 23.2 Å². The van der Waals surface area contributed by atoms with Crippen LogP contribution in [0.2, 0.25) is 0 Å². The van der Waals surface area contributed by atoms with Gasteiger partial charge in [-0.05, 0) is 36.8 Å². The summed E-state index contributed by atoms with van der Waals surface area (Å²) >= 11 is 0. The molecule has 0 aliphatic heterocycles. The maximum atomic E-state index is 13.1. The largest absolute Gasteiger partial charge is 0.497 e. The van der Waals surface area contributed by atoms with Gasteiger partial charge in [-0.2, -0.15) is 5.10 Å². The number of nitrogens with zero attached hydrogens (tertiary/aromatic N) is 2. The lowest BCUT2D eigenvalue weighted by Gasteiger charge is -2.19. The van der Waals surface area contributed by atoms with E-state index in [4.69, 9.17) is 4.74 Å². The number of carbonyl (C=O) groups excluding carboxylic acids is 2. The molecule has 8 nitrogen and oxygen atoms in total. The van der Waals surface area contributed by atoms with Crippen LogP contribution >= 0.6 is 0 Å². The van der Waals surface area contributed by atoms with Crippen LogP contribution in [0.5, 0.6) is 5.75 Å². The molecule has 0 saturated heterocycles. The van der Waals surface area contributed by atoms with Crippen molar-refractivity contribution in [3.8, 4) is 17.0 Å². The second-order valence-corrected chi connectivity index (χ2v) is 7.10. The molecule has 32 heavy (non-hydrogen) atoms. The van der Waals surface area contributed by atoms with Crippen LogP contribution in [0.4, 0.5) is 11.4 Å². The molecule has 3 rings (SSSR count). The molecule has 1 atom stereocenters. The molecular weight excluding hydrogens is 408 g/mol. The summed E-state index contributed by atoms with van der Waals surface area (Å²) in [4.78, 5) is 38.2. The van der Waals surface area contributed by atoms with E-state index in [-0.39, 0.29) is 23.9 Å². The van der Waals surface area contributed by atoms with Crippen LogP contribution < -0.4 is 20.9 Å². The summed E-state index contributed by atoms with van der Waals surface area (Å²) in [7, 11) is 1.56. The molecular formula is C24H26N4O4. The molecule has 0 unspecified atom stereocenters. The Labute approximate surface area is 186 Å². The minimum Gasteiger partial charge on any atom is -0.497 e. The molecule has 8 heteroatoms. The monoisotopic (exact) mass is 434 g/mol. The van der Waals surface area contributed by atoms with E-state index >= 15 is 0 Å². The van der Waals surface area contributed by atoms with Gasteiger partial charge in [0, 0.05) is 17.7 Å². The SMILES string of the molecule is CCC(=O)Nc1cc(-c2ccccc2)nn([C@@H](CC)C(=O)Nc2ccc(OC)cc2)c1=O. The number of carbonyl (C=O) groups is 2. The quantitative estimate of drug-likeness (QED) is 0.561. The van der Waals surface area contributed by atoms with Gasteiger partial charge in [0.25, 0.3) is 5.56 Å². The third-order valence-corrected chi connectivity index (χ3v) is 4.94. The smallest absolute Gasteiger partial charge is 0.291 e.